The molecule has 2 N–H and O–H groups in total. The lowest BCUT2D eigenvalue weighted by Gasteiger charge is -2.13. The first-order valence-corrected chi connectivity index (χ1v) is 8.15. The molecular weight excluding hydrogens is 288 g/mol. The molecule has 5 heteroatoms. The molecule has 1 aromatic carbocycles. The number of hydrogen-bond donors (Lipinski definition) is 2. The van der Waals surface area contributed by atoms with Gasteiger partial charge in [-0.1, -0.05) is 6.07 Å². The molecule has 1 unspecified atom stereocenters. The van der Waals surface area contributed by atoms with Crippen molar-refractivity contribution in [1.82, 2.24) is 9.97 Å². The number of ether oxygens (including phenoxy) is 1. The number of hydrogen-bond acceptors (Lipinski definition) is 5. The number of nitrogens with one attached hydrogen (secondary N) is 2. The summed E-state index contributed by atoms with van der Waals surface area (Å²) in [6.07, 6.45) is 2.56. The Labute approximate surface area is 137 Å². The Hall–Kier alpha value is -2.14. The molecule has 0 saturated carbocycles. The third-order valence-electron chi connectivity index (χ3n) is 3.87. The third kappa shape index (κ3) is 4.42. The van der Waals surface area contributed by atoms with E-state index >= 15 is 0 Å². The van der Waals surface area contributed by atoms with Crippen LogP contribution < -0.4 is 10.6 Å². The van der Waals surface area contributed by atoms with Crippen LogP contribution in [0.15, 0.2) is 24.3 Å². The van der Waals surface area contributed by atoms with Crippen molar-refractivity contribution in [3.63, 3.8) is 0 Å². The Balaban J connectivity index is 1.71. The summed E-state index contributed by atoms with van der Waals surface area (Å²) in [4.78, 5) is 9.04. The molecule has 0 radical (unpaired) electrons. The van der Waals surface area contributed by atoms with E-state index in [-0.39, 0.29) is 0 Å². The maximum Gasteiger partial charge on any atom is 0.229 e. The topological polar surface area (TPSA) is 59.1 Å². The van der Waals surface area contributed by atoms with Crippen LogP contribution in [0.25, 0.3) is 0 Å². The Bertz CT molecular complexity index is 660. The van der Waals surface area contributed by atoms with Gasteiger partial charge >= 0.3 is 0 Å². The molecule has 5 nitrogen and oxygen atoms in total. The molecule has 1 atom stereocenters. The molecule has 0 aliphatic carbocycles. The molecular formula is C18H24N4O. The Morgan fingerprint density at radius 2 is 1.87 bits per heavy atom. The van der Waals surface area contributed by atoms with Crippen LogP contribution in [-0.2, 0) is 4.74 Å². The highest BCUT2D eigenvalue weighted by Crippen LogP contribution is 2.19. The molecule has 0 spiro atoms. The molecule has 0 bridgehead atoms. The lowest BCUT2D eigenvalue weighted by molar-refractivity contribution is 0.120. The second-order valence-electron chi connectivity index (χ2n) is 6.24. The summed E-state index contributed by atoms with van der Waals surface area (Å²) in [5.74, 6) is 1.45. The highest BCUT2D eigenvalue weighted by Gasteiger charge is 2.15. The summed E-state index contributed by atoms with van der Waals surface area (Å²) in [5, 5.41) is 6.66. The van der Waals surface area contributed by atoms with E-state index in [9.17, 15) is 0 Å². The third-order valence-corrected chi connectivity index (χ3v) is 3.87. The molecule has 1 fully saturated rings. The normalized spacial score (nSPS) is 17.3. The fraction of sp³-hybridized carbons (Fsp3) is 0.444. The van der Waals surface area contributed by atoms with Gasteiger partial charge in [-0.05, 0) is 56.9 Å². The zero-order valence-electron chi connectivity index (χ0n) is 14.0. The van der Waals surface area contributed by atoms with E-state index in [0.29, 0.717) is 12.1 Å². The van der Waals surface area contributed by atoms with Crippen molar-refractivity contribution in [1.29, 1.82) is 0 Å². The highest BCUT2D eigenvalue weighted by atomic mass is 16.5. The van der Waals surface area contributed by atoms with Crippen LogP contribution in [0.5, 0.6) is 0 Å². The van der Waals surface area contributed by atoms with Gasteiger partial charge in [-0.3, -0.25) is 0 Å². The van der Waals surface area contributed by atoms with Crippen molar-refractivity contribution in [2.24, 2.45) is 0 Å². The molecule has 0 amide bonds. The van der Waals surface area contributed by atoms with E-state index in [4.69, 9.17) is 4.74 Å². The number of aromatic nitrogens is 2. The standard InChI is InChI=1S/C18H24N4O/c1-12-7-13(2)9-15(8-12)21-18-20-14(3)10-17(22-18)19-11-16-5-4-6-23-16/h7-10,16H,4-6,11H2,1-3H3,(H2,19,20,21,22). The number of rotatable bonds is 5. The van der Waals surface area contributed by atoms with Crippen molar-refractivity contribution < 1.29 is 4.74 Å². The molecule has 122 valence electrons. The maximum absolute atomic E-state index is 5.64. The molecule has 2 aromatic rings. The summed E-state index contributed by atoms with van der Waals surface area (Å²) >= 11 is 0. The number of benzene rings is 1. The number of nitrogens with zero attached hydrogens (tertiary/aromatic N) is 2. The van der Waals surface area contributed by atoms with Gasteiger partial charge in [0.05, 0.1) is 6.10 Å². The summed E-state index contributed by atoms with van der Waals surface area (Å²) < 4.78 is 5.64. The van der Waals surface area contributed by atoms with Gasteiger partial charge < -0.3 is 15.4 Å². The van der Waals surface area contributed by atoms with Crippen molar-refractivity contribution in [2.75, 3.05) is 23.8 Å². The van der Waals surface area contributed by atoms with Crippen LogP contribution in [-0.4, -0.2) is 29.2 Å². The molecule has 1 aromatic heterocycles. The molecule has 1 saturated heterocycles. The van der Waals surface area contributed by atoms with Gasteiger partial charge in [-0.25, -0.2) is 4.98 Å². The van der Waals surface area contributed by atoms with Gasteiger partial charge in [0, 0.05) is 30.6 Å². The van der Waals surface area contributed by atoms with E-state index in [1.54, 1.807) is 0 Å². The number of aryl methyl sites for hydroxylation is 3. The van der Waals surface area contributed by atoms with E-state index in [2.05, 4.69) is 52.6 Å². The first-order chi connectivity index (χ1) is 11.1. The molecule has 1 aliphatic heterocycles. The summed E-state index contributed by atoms with van der Waals surface area (Å²) in [6.45, 7) is 7.81. The van der Waals surface area contributed by atoms with E-state index in [1.165, 1.54) is 11.1 Å². The van der Waals surface area contributed by atoms with E-state index in [0.717, 1.165) is 43.2 Å². The largest absolute Gasteiger partial charge is 0.376 e. The minimum atomic E-state index is 0.293. The van der Waals surface area contributed by atoms with E-state index in [1.807, 2.05) is 13.0 Å². The summed E-state index contributed by atoms with van der Waals surface area (Å²) in [6, 6.07) is 8.30. The maximum atomic E-state index is 5.64. The minimum absolute atomic E-state index is 0.293. The summed E-state index contributed by atoms with van der Waals surface area (Å²) in [7, 11) is 0. The predicted molar refractivity (Wildman–Crippen MR) is 93.4 cm³/mol. The second-order valence-corrected chi connectivity index (χ2v) is 6.24. The van der Waals surface area contributed by atoms with Crippen LogP contribution in [0.4, 0.5) is 17.5 Å². The summed E-state index contributed by atoms with van der Waals surface area (Å²) in [5.41, 5.74) is 4.38. The SMILES string of the molecule is Cc1cc(C)cc(Nc2nc(C)cc(NCC3CCCO3)n2)c1. The van der Waals surface area contributed by atoms with Gasteiger partial charge in [0.25, 0.3) is 0 Å². The quantitative estimate of drug-likeness (QED) is 0.881. The molecule has 3 rings (SSSR count). The van der Waals surface area contributed by atoms with Crippen LogP contribution in [0.1, 0.15) is 29.7 Å². The van der Waals surface area contributed by atoms with Gasteiger partial charge in [-0.15, -0.1) is 0 Å². The van der Waals surface area contributed by atoms with Crippen LogP contribution in [0.2, 0.25) is 0 Å². The molecule has 23 heavy (non-hydrogen) atoms. The fourth-order valence-electron chi connectivity index (χ4n) is 2.91. The van der Waals surface area contributed by atoms with Crippen molar-refractivity contribution >= 4 is 17.5 Å². The lowest BCUT2D eigenvalue weighted by Crippen LogP contribution is -2.19. The first-order valence-electron chi connectivity index (χ1n) is 8.15. The minimum Gasteiger partial charge on any atom is -0.376 e. The van der Waals surface area contributed by atoms with Gasteiger partial charge in [-0.2, -0.15) is 4.98 Å². The Morgan fingerprint density at radius 3 is 2.57 bits per heavy atom. The average molecular weight is 312 g/mol. The van der Waals surface area contributed by atoms with Crippen molar-refractivity contribution in [2.45, 2.75) is 39.7 Å². The van der Waals surface area contributed by atoms with Gasteiger partial charge in [0.1, 0.15) is 5.82 Å². The predicted octanol–water partition coefficient (Wildman–Crippen LogP) is 3.74. The van der Waals surface area contributed by atoms with Crippen molar-refractivity contribution in [3.05, 3.63) is 41.1 Å². The van der Waals surface area contributed by atoms with Crippen LogP contribution >= 0.6 is 0 Å². The fourth-order valence-corrected chi connectivity index (χ4v) is 2.91. The molecule has 2 heterocycles. The zero-order chi connectivity index (χ0) is 16.2. The highest BCUT2D eigenvalue weighted by molar-refractivity contribution is 5.57. The Morgan fingerprint density at radius 1 is 1.09 bits per heavy atom. The van der Waals surface area contributed by atoms with Gasteiger partial charge in [0.15, 0.2) is 0 Å². The first kappa shape index (κ1) is 15.7. The monoisotopic (exact) mass is 312 g/mol. The zero-order valence-corrected chi connectivity index (χ0v) is 14.0. The van der Waals surface area contributed by atoms with Gasteiger partial charge in [0.2, 0.25) is 5.95 Å². The molecule has 1 aliphatic rings. The van der Waals surface area contributed by atoms with Crippen LogP contribution in [0.3, 0.4) is 0 Å². The smallest absolute Gasteiger partial charge is 0.229 e. The number of anilines is 3. The lowest BCUT2D eigenvalue weighted by atomic mass is 10.1. The van der Waals surface area contributed by atoms with Crippen molar-refractivity contribution in [3.8, 4) is 0 Å². The Kier molecular flexibility index (Phi) is 4.76. The second kappa shape index (κ2) is 6.96. The van der Waals surface area contributed by atoms with Crippen LogP contribution in [0, 0.1) is 20.8 Å². The average Bonchev–Trinajstić information content (AvgIpc) is 2.96. The van der Waals surface area contributed by atoms with E-state index < -0.39 is 0 Å².